The molecule has 2 aromatic heterocycles. The molecule has 1 N–H and O–H groups in total. The Morgan fingerprint density at radius 3 is 2.84 bits per heavy atom. The lowest BCUT2D eigenvalue weighted by atomic mass is 10.1. The third-order valence-electron chi connectivity index (χ3n) is 3.30. The van der Waals surface area contributed by atoms with Crippen LogP contribution in [0.4, 0.5) is 0 Å². The van der Waals surface area contributed by atoms with Gasteiger partial charge in [0.15, 0.2) is 5.82 Å². The van der Waals surface area contributed by atoms with Gasteiger partial charge < -0.3 is 4.98 Å². The number of H-pyrrole nitrogens is 1. The number of hydrogen-bond acceptors (Lipinski definition) is 2. The van der Waals surface area contributed by atoms with Gasteiger partial charge >= 0.3 is 0 Å². The first-order valence-corrected chi connectivity index (χ1v) is 6.19. The second-order valence-electron chi connectivity index (χ2n) is 4.53. The van der Waals surface area contributed by atoms with E-state index in [4.69, 9.17) is 0 Å². The molecule has 0 fully saturated rings. The molecule has 90 valence electrons. The Balaban J connectivity index is 1.92. The topological polar surface area (TPSA) is 41.6 Å². The number of para-hydroxylation sites is 1. The molecule has 0 aliphatic rings. The molecule has 0 atom stereocenters. The van der Waals surface area contributed by atoms with Gasteiger partial charge in [-0.1, -0.05) is 30.3 Å². The Morgan fingerprint density at radius 1 is 0.895 bits per heavy atom. The van der Waals surface area contributed by atoms with Crippen LogP contribution in [0.15, 0.2) is 60.9 Å². The predicted octanol–water partition coefficient (Wildman–Crippen LogP) is 3.78. The van der Waals surface area contributed by atoms with E-state index in [0.717, 1.165) is 27.8 Å². The number of hydrogen-bond donors (Lipinski definition) is 1. The van der Waals surface area contributed by atoms with Crippen molar-refractivity contribution in [2.75, 3.05) is 0 Å². The Labute approximate surface area is 110 Å². The Morgan fingerprint density at radius 2 is 1.84 bits per heavy atom. The second kappa shape index (κ2) is 3.92. The van der Waals surface area contributed by atoms with Crippen LogP contribution in [0.25, 0.3) is 33.2 Å². The zero-order valence-corrected chi connectivity index (χ0v) is 10.2. The summed E-state index contributed by atoms with van der Waals surface area (Å²) < 4.78 is 0. The van der Waals surface area contributed by atoms with E-state index in [1.54, 1.807) is 0 Å². The highest BCUT2D eigenvalue weighted by Gasteiger charge is 2.04. The van der Waals surface area contributed by atoms with E-state index in [-0.39, 0.29) is 0 Å². The highest BCUT2D eigenvalue weighted by atomic mass is 14.9. The highest BCUT2D eigenvalue weighted by Crippen LogP contribution is 2.22. The van der Waals surface area contributed by atoms with Crippen LogP contribution in [0.1, 0.15) is 0 Å². The fraction of sp³-hybridized carbons (Fsp3) is 0. The number of fused-ring (bicyclic) bond motifs is 2. The molecule has 2 heterocycles. The summed E-state index contributed by atoms with van der Waals surface area (Å²) in [7, 11) is 0. The third-order valence-corrected chi connectivity index (χ3v) is 3.30. The van der Waals surface area contributed by atoms with Crippen molar-refractivity contribution in [2.45, 2.75) is 0 Å². The van der Waals surface area contributed by atoms with E-state index in [2.05, 4.69) is 39.2 Å². The number of rotatable bonds is 1. The fourth-order valence-electron chi connectivity index (χ4n) is 2.30. The molecule has 3 nitrogen and oxygen atoms in total. The number of benzene rings is 2. The zero-order chi connectivity index (χ0) is 12.7. The summed E-state index contributed by atoms with van der Waals surface area (Å²) in [6.07, 6.45) is 3.81. The number of aromatic amines is 1. The van der Waals surface area contributed by atoms with E-state index in [1.165, 1.54) is 5.39 Å². The maximum absolute atomic E-state index is 4.61. The number of nitrogens with zero attached hydrogens (tertiary/aromatic N) is 2. The van der Waals surface area contributed by atoms with E-state index in [0.29, 0.717) is 0 Å². The van der Waals surface area contributed by atoms with Gasteiger partial charge in [0.1, 0.15) is 0 Å². The van der Waals surface area contributed by atoms with Gasteiger partial charge in [0.25, 0.3) is 0 Å². The SMILES string of the molecule is c1ccc2nc(-c3ccc4cc[nH]c4c3)ncc2c1. The van der Waals surface area contributed by atoms with E-state index in [1.807, 2.05) is 36.7 Å². The molecule has 4 rings (SSSR count). The molecule has 0 aliphatic heterocycles. The van der Waals surface area contributed by atoms with Crippen molar-refractivity contribution in [3.8, 4) is 11.4 Å². The molecular formula is C16H11N3. The van der Waals surface area contributed by atoms with Gasteiger partial charge in [0.05, 0.1) is 5.52 Å². The fourth-order valence-corrected chi connectivity index (χ4v) is 2.30. The molecule has 0 saturated heterocycles. The first-order chi connectivity index (χ1) is 9.40. The minimum atomic E-state index is 0.759. The highest BCUT2D eigenvalue weighted by molar-refractivity contribution is 5.85. The van der Waals surface area contributed by atoms with Crippen molar-refractivity contribution in [1.82, 2.24) is 15.0 Å². The van der Waals surface area contributed by atoms with Crippen molar-refractivity contribution in [1.29, 1.82) is 0 Å². The van der Waals surface area contributed by atoms with Gasteiger partial charge in [0, 0.05) is 28.9 Å². The van der Waals surface area contributed by atoms with Crippen LogP contribution in [0.3, 0.4) is 0 Å². The lowest BCUT2D eigenvalue weighted by Crippen LogP contribution is -1.89. The summed E-state index contributed by atoms with van der Waals surface area (Å²) in [4.78, 5) is 12.3. The van der Waals surface area contributed by atoms with Gasteiger partial charge in [-0.25, -0.2) is 9.97 Å². The zero-order valence-electron chi connectivity index (χ0n) is 10.2. The summed E-state index contributed by atoms with van der Waals surface area (Å²) >= 11 is 0. The maximum atomic E-state index is 4.61. The Hall–Kier alpha value is -2.68. The third kappa shape index (κ3) is 1.67. The summed E-state index contributed by atoms with van der Waals surface area (Å²) in [6.45, 7) is 0. The largest absolute Gasteiger partial charge is 0.361 e. The molecule has 0 amide bonds. The Bertz CT molecular complexity index is 877. The average Bonchev–Trinajstić information content (AvgIpc) is 2.94. The van der Waals surface area contributed by atoms with Crippen LogP contribution in [0, 0.1) is 0 Å². The number of nitrogens with one attached hydrogen (secondary N) is 1. The van der Waals surface area contributed by atoms with Crippen molar-refractivity contribution in [3.63, 3.8) is 0 Å². The monoisotopic (exact) mass is 245 g/mol. The number of aromatic nitrogens is 3. The van der Waals surface area contributed by atoms with Crippen LogP contribution in [0.5, 0.6) is 0 Å². The van der Waals surface area contributed by atoms with Gasteiger partial charge in [0.2, 0.25) is 0 Å². The molecule has 19 heavy (non-hydrogen) atoms. The molecule has 4 aromatic rings. The van der Waals surface area contributed by atoms with Crippen LogP contribution in [-0.2, 0) is 0 Å². The van der Waals surface area contributed by atoms with Crippen LogP contribution >= 0.6 is 0 Å². The lowest BCUT2D eigenvalue weighted by molar-refractivity contribution is 1.23. The van der Waals surface area contributed by atoms with Gasteiger partial charge in [-0.2, -0.15) is 0 Å². The van der Waals surface area contributed by atoms with Crippen molar-refractivity contribution < 1.29 is 0 Å². The first kappa shape index (κ1) is 10.3. The molecule has 0 unspecified atom stereocenters. The molecule has 0 saturated carbocycles. The summed E-state index contributed by atoms with van der Waals surface area (Å²) in [5.74, 6) is 0.759. The normalized spacial score (nSPS) is 11.2. The van der Waals surface area contributed by atoms with E-state index < -0.39 is 0 Å². The Kier molecular flexibility index (Phi) is 2.12. The summed E-state index contributed by atoms with van der Waals surface area (Å²) in [6, 6.07) is 16.3. The summed E-state index contributed by atoms with van der Waals surface area (Å²) in [5, 5.41) is 2.26. The minimum Gasteiger partial charge on any atom is -0.361 e. The smallest absolute Gasteiger partial charge is 0.159 e. The van der Waals surface area contributed by atoms with Crippen LogP contribution in [0.2, 0.25) is 0 Å². The first-order valence-electron chi connectivity index (χ1n) is 6.19. The van der Waals surface area contributed by atoms with Crippen molar-refractivity contribution in [3.05, 3.63) is 60.9 Å². The molecule has 2 aromatic carbocycles. The van der Waals surface area contributed by atoms with E-state index >= 15 is 0 Å². The van der Waals surface area contributed by atoms with E-state index in [9.17, 15) is 0 Å². The average molecular weight is 245 g/mol. The molecule has 0 radical (unpaired) electrons. The van der Waals surface area contributed by atoms with Crippen LogP contribution in [-0.4, -0.2) is 15.0 Å². The predicted molar refractivity (Wildman–Crippen MR) is 76.8 cm³/mol. The van der Waals surface area contributed by atoms with Crippen molar-refractivity contribution >= 4 is 21.8 Å². The lowest BCUT2D eigenvalue weighted by Gasteiger charge is -2.02. The maximum Gasteiger partial charge on any atom is 0.159 e. The second-order valence-corrected chi connectivity index (χ2v) is 4.53. The van der Waals surface area contributed by atoms with Crippen LogP contribution < -0.4 is 0 Å². The van der Waals surface area contributed by atoms with Gasteiger partial charge in [-0.15, -0.1) is 0 Å². The minimum absolute atomic E-state index is 0.759. The molecule has 3 heteroatoms. The van der Waals surface area contributed by atoms with Gasteiger partial charge in [-0.3, -0.25) is 0 Å². The molecular weight excluding hydrogens is 234 g/mol. The van der Waals surface area contributed by atoms with Crippen molar-refractivity contribution in [2.24, 2.45) is 0 Å². The van der Waals surface area contributed by atoms with Gasteiger partial charge in [-0.05, 0) is 23.6 Å². The molecule has 0 bridgehead atoms. The standard InChI is InChI=1S/C16H11N3/c1-2-4-14-13(3-1)10-18-16(19-14)12-6-5-11-7-8-17-15(11)9-12/h1-10,17H. The molecule has 0 spiro atoms. The molecule has 0 aliphatic carbocycles. The summed E-state index contributed by atoms with van der Waals surface area (Å²) in [5.41, 5.74) is 3.11. The quantitative estimate of drug-likeness (QED) is 0.554.